The van der Waals surface area contributed by atoms with Crippen LogP contribution in [0.25, 0.3) is 0 Å². The number of ether oxygens (including phenoxy) is 2. The van der Waals surface area contributed by atoms with Crippen molar-refractivity contribution in [3.63, 3.8) is 0 Å². The summed E-state index contributed by atoms with van der Waals surface area (Å²) in [5, 5.41) is 0. The molecule has 2 aliphatic rings. The smallest absolute Gasteiger partial charge is 0.264 e. The van der Waals surface area contributed by atoms with E-state index in [1.807, 2.05) is 6.07 Å². The van der Waals surface area contributed by atoms with Crippen molar-refractivity contribution in [1.82, 2.24) is 4.72 Å². The number of carbonyl (C=O) groups is 1. The monoisotopic (exact) mass is 521 g/mol. The van der Waals surface area contributed by atoms with Gasteiger partial charge >= 0.3 is 0 Å². The lowest BCUT2D eigenvalue weighted by molar-refractivity contribution is -0.155. The van der Waals surface area contributed by atoms with Crippen molar-refractivity contribution in [3.8, 4) is 5.75 Å². The average Bonchev–Trinajstić information content (AvgIpc) is 2.72. The number of hydrogen-bond donors (Lipinski definition) is 1. The molecule has 0 aliphatic carbocycles. The molecule has 2 aromatic rings. The van der Waals surface area contributed by atoms with Crippen LogP contribution in [0.3, 0.4) is 0 Å². The molecular formula is C24H28BrNO5S. The molecule has 2 heterocycles. The topological polar surface area (TPSA) is 81.7 Å². The molecule has 0 aromatic heterocycles. The predicted octanol–water partition coefficient (Wildman–Crippen LogP) is 4.91. The van der Waals surface area contributed by atoms with Gasteiger partial charge < -0.3 is 9.47 Å². The highest BCUT2D eigenvalue weighted by molar-refractivity contribution is 9.10. The number of fused-ring (bicyclic) bond motifs is 3. The molecule has 1 saturated heterocycles. The molecule has 6 nitrogen and oxygen atoms in total. The Kier molecular flexibility index (Phi) is 6.40. The molecule has 32 heavy (non-hydrogen) atoms. The van der Waals surface area contributed by atoms with Gasteiger partial charge in [0.25, 0.3) is 10.0 Å². The number of amides is 1. The summed E-state index contributed by atoms with van der Waals surface area (Å²) in [6.07, 6.45) is 1.85. The summed E-state index contributed by atoms with van der Waals surface area (Å²) < 4.78 is 40.7. The third-order valence-corrected chi connectivity index (χ3v) is 8.19. The summed E-state index contributed by atoms with van der Waals surface area (Å²) in [6, 6.07) is 12.4. The van der Waals surface area contributed by atoms with Gasteiger partial charge in [-0.05, 0) is 69.0 Å². The van der Waals surface area contributed by atoms with Crippen LogP contribution < -0.4 is 9.46 Å². The fraction of sp³-hybridized carbons (Fsp3) is 0.458. The molecule has 2 aliphatic heterocycles. The Balaban J connectivity index is 1.49. The zero-order valence-corrected chi connectivity index (χ0v) is 20.8. The quantitative estimate of drug-likeness (QED) is 0.604. The van der Waals surface area contributed by atoms with Gasteiger partial charge in [0, 0.05) is 16.0 Å². The fourth-order valence-corrected chi connectivity index (χ4v) is 6.21. The lowest BCUT2D eigenvalue weighted by Crippen LogP contribution is -2.49. The van der Waals surface area contributed by atoms with Crippen molar-refractivity contribution >= 4 is 31.9 Å². The number of hydrogen-bond acceptors (Lipinski definition) is 5. The Bertz CT molecular complexity index is 1130. The molecule has 3 atom stereocenters. The van der Waals surface area contributed by atoms with E-state index in [1.54, 1.807) is 12.1 Å². The van der Waals surface area contributed by atoms with E-state index in [-0.39, 0.29) is 35.0 Å². The first-order valence-corrected chi connectivity index (χ1v) is 13.1. The van der Waals surface area contributed by atoms with Gasteiger partial charge in [-0.3, -0.25) is 4.79 Å². The molecule has 0 bridgehead atoms. The Morgan fingerprint density at radius 2 is 1.97 bits per heavy atom. The van der Waals surface area contributed by atoms with Crippen molar-refractivity contribution in [2.75, 3.05) is 0 Å². The highest BCUT2D eigenvalue weighted by Crippen LogP contribution is 2.51. The van der Waals surface area contributed by atoms with E-state index < -0.39 is 15.9 Å². The Hall–Kier alpha value is -1.90. The minimum absolute atomic E-state index is 0.0134. The van der Waals surface area contributed by atoms with Crippen LogP contribution in [0.1, 0.15) is 57.3 Å². The number of carbonyl (C=O) groups excluding carboxylic acids is 1. The van der Waals surface area contributed by atoms with Crippen molar-refractivity contribution in [2.45, 2.75) is 69.2 Å². The molecular weight excluding hydrogens is 494 g/mol. The first-order chi connectivity index (χ1) is 15.1. The lowest BCUT2D eigenvalue weighted by atomic mass is 9.74. The molecule has 4 rings (SSSR count). The number of rotatable bonds is 5. The van der Waals surface area contributed by atoms with Crippen molar-refractivity contribution < 1.29 is 22.7 Å². The molecule has 0 unspecified atom stereocenters. The van der Waals surface area contributed by atoms with Crippen LogP contribution in [0.5, 0.6) is 5.75 Å². The zero-order chi connectivity index (χ0) is 23.1. The van der Waals surface area contributed by atoms with Crippen LogP contribution >= 0.6 is 15.9 Å². The standard InChI is InChI=1S/C24H28BrNO5S/c1-4-15-8-11-21-19(12-15)23-20(24(2,3)31-21)10-9-17(30-23)14-22(27)26-32(28,29)18-7-5-6-16(25)13-18/h5-8,11-13,17,20,23H,4,9-10,14H2,1-3H3,(H,26,27)/t17-,20+,23-/m1/s1. The van der Waals surface area contributed by atoms with E-state index in [4.69, 9.17) is 9.47 Å². The highest BCUT2D eigenvalue weighted by atomic mass is 79.9. The first kappa shape index (κ1) is 23.3. The highest BCUT2D eigenvalue weighted by Gasteiger charge is 2.47. The van der Waals surface area contributed by atoms with Gasteiger partial charge in [-0.2, -0.15) is 0 Å². The summed E-state index contributed by atoms with van der Waals surface area (Å²) in [6.45, 7) is 6.25. The first-order valence-electron chi connectivity index (χ1n) is 10.9. The lowest BCUT2D eigenvalue weighted by Gasteiger charge is -2.48. The largest absolute Gasteiger partial charge is 0.487 e. The third kappa shape index (κ3) is 4.72. The maximum atomic E-state index is 12.6. The van der Waals surface area contributed by atoms with Crippen LogP contribution in [0.2, 0.25) is 0 Å². The predicted molar refractivity (Wildman–Crippen MR) is 125 cm³/mol. The average molecular weight is 522 g/mol. The van der Waals surface area contributed by atoms with Crippen molar-refractivity contribution in [3.05, 3.63) is 58.1 Å². The number of nitrogens with one attached hydrogen (secondary N) is 1. The SMILES string of the molecule is CCc1ccc2c(c1)[C@H]1O[C@@H](CC(=O)NS(=O)(=O)c3cccc(Br)c3)CC[C@@H]1C(C)(C)O2. The van der Waals surface area contributed by atoms with Gasteiger partial charge in [0.1, 0.15) is 11.4 Å². The third-order valence-electron chi connectivity index (χ3n) is 6.33. The summed E-state index contributed by atoms with van der Waals surface area (Å²) in [4.78, 5) is 12.7. The molecule has 1 fully saturated rings. The van der Waals surface area contributed by atoms with Crippen molar-refractivity contribution in [2.24, 2.45) is 5.92 Å². The molecule has 2 aromatic carbocycles. The van der Waals surface area contributed by atoms with Gasteiger partial charge in [-0.25, -0.2) is 13.1 Å². The van der Waals surface area contributed by atoms with Gasteiger partial charge in [-0.1, -0.05) is 35.0 Å². The number of benzene rings is 2. The number of halogens is 1. The summed E-state index contributed by atoms with van der Waals surface area (Å²) in [5.41, 5.74) is 1.83. The Labute approximate surface area is 197 Å². The minimum atomic E-state index is -3.94. The van der Waals surface area contributed by atoms with Crippen LogP contribution in [0.15, 0.2) is 51.8 Å². The van der Waals surface area contributed by atoms with Crippen LogP contribution in [-0.2, 0) is 26.0 Å². The second kappa shape index (κ2) is 8.80. The molecule has 1 N–H and O–H groups in total. The molecule has 0 spiro atoms. The van der Waals surface area contributed by atoms with E-state index in [9.17, 15) is 13.2 Å². The van der Waals surface area contributed by atoms with Crippen LogP contribution in [0, 0.1) is 5.92 Å². The van der Waals surface area contributed by atoms with Gasteiger partial charge in [0.15, 0.2) is 0 Å². The number of sulfonamides is 1. The second-order valence-corrected chi connectivity index (χ2v) is 11.6. The normalized spacial score (nSPS) is 24.1. The summed E-state index contributed by atoms with van der Waals surface area (Å²) in [5.74, 6) is 0.407. The van der Waals surface area contributed by atoms with Crippen molar-refractivity contribution in [1.29, 1.82) is 0 Å². The van der Waals surface area contributed by atoms with E-state index in [1.165, 1.54) is 17.7 Å². The van der Waals surface area contributed by atoms with E-state index >= 15 is 0 Å². The van der Waals surface area contributed by atoms with Gasteiger partial charge in [0.2, 0.25) is 5.91 Å². The fourth-order valence-electron chi connectivity index (χ4n) is 4.62. The van der Waals surface area contributed by atoms with Crippen LogP contribution in [-0.4, -0.2) is 26.0 Å². The van der Waals surface area contributed by atoms with Gasteiger partial charge in [0.05, 0.1) is 23.5 Å². The minimum Gasteiger partial charge on any atom is -0.487 e. The zero-order valence-electron chi connectivity index (χ0n) is 18.4. The Morgan fingerprint density at radius 3 is 2.69 bits per heavy atom. The molecule has 172 valence electrons. The summed E-state index contributed by atoms with van der Waals surface area (Å²) >= 11 is 3.26. The maximum Gasteiger partial charge on any atom is 0.264 e. The van der Waals surface area contributed by atoms with E-state index in [0.717, 1.165) is 24.2 Å². The van der Waals surface area contributed by atoms with E-state index in [2.05, 4.69) is 53.6 Å². The second-order valence-electron chi connectivity index (χ2n) is 8.98. The molecule has 0 radical (unpaired) electrons. The van der Waals surface area contributed by atoms with E-state index in [0.29, 0.717) is 10.9 Å². The van der Waals surface area contributed by atoms with Crippen LogP contribution in [0.4, 0.5) is 0 Å². The summed E-state index contributed by atoms with van der Waals surface area (Å²) in [7, 11) is -3.94. The Morgan fingerprint density at radius 1 is 1.19 bits per heavy atom. The molecule has 0 saturated carbocycles. The molecule has 8 heteroatoms. The molecule has 1 amide bonds. The maximum absolute atomic E-state index is 12.6. The van der Waals surface area contributed by atoms with Gasteiger partial charge in [-0.15, -0.1) is 0 Å². The number of aryl methyl sites for hydroxylation is 1.